The van der Waals surface area contributed by atoms with Gasteiger partial charge in [0.1, 0.15) is 19.8 Å². The molecular formula is C45H91NO8P+. The number of carbonyl (C=O) groups is 2. The van der Waals surface area contributed by atoms with E-state index in [2.05, 4.69) is 13.8 Å². The molecule has 0 fully saturated rings. The largest absolute Gasteiger partial charge is 0.472 e. The number of quaternary nitrogens is 1. The number of nitrogens with zero attached hydrogens (tertiary/aromatic N) is 1. The standard InChI is InChI=1S/C45H90NO8P/c1-6-8-10-12-14-16-17-18-19-20-21-22-23-24-25-26-27-28-30-32-34-36-38-45(48)54-43(42-53-55(49,50)52-40-39-46(3,4)5)41-51-44(47)37-35-33-31-29-15-13-11-9-7-2/h43H,6-42H2,1-5H3/p+1. The first-order chi connectivity index (χ1) is 26.5. The van der Waals surface area contributed by atoms with E-state index in [0.717, 1.165) is 38.5 Å². The van der Waals surface area contributed by atoms with Crippen molar-refractivity contribution in [3.63, 3.8) is 0 Å². The minimum absolute atomic E-state index is 0.0367. The van der Waals surface area contributed by atoms with Crippen LogP contribution in [0.5, 0.6) is 0 Å². The number of phosphoric ester groups is 1. The minimum Gasteiger partial charge on any atom is -0.462 e. The molecule has 1 N–H and O–H groups in total. The van der Waals surface area contributed by atoms with Crippen molar-refractivity contribution in [1.82, 2.24) is 0 Å². The topological polar surface area (TPSA) is 108 Å². The Labute approximate surface area is 340 Å². The van der Waals surface area contributed by atoms with Crippen LogP contribution in [-0.4, -0.2) is 74.9 Å². The molecule has 2 atom stereocenters. The Balaban J connectivity index is 4.15. The lowest BCUT2D eigenvalue weighted by Gasteiger charge is -2.24. The number of unbranched alkanes of at least 4 members (excludes halogenated alkanes) is 29. The maximum Gasteiger partial charge on any atom is 0.472 e. The Morgan fingerprint density at radius 3 is 1.16 bits per heavy atom. The molecular weight excluding hydrogens is 713 g/mol. The highest BCUT2D eigenvalue weighted by molar-refractivity contribution is 7.47. The predicted octanol–water partition coefficient (Wildman–Crippen LogP) is 13.2. The highest BCUT2D eigenvalue weighted by Crippen LogP contribution is 2.43. The van der Waals surface area contributed by atoms with Gasteiger partial charge in [0.15, 0.2) is 6.10 Å². The Kier molecular flexibility index (Phi) is 37.8. The van der Waals surface area contributed by atoms with Gasteiger partial charge in [0.2, 0.25) is 0 Å². The summed E-state index contributed by atoms with van der Waals surface area (Å²) in [6.07, 6.45) is 38.8. The summed E-state index contributed by atoms with van der Waals surface area (Å²) in [6, 6.07) is 0. The summed E-state index contributed by atoms with van der Waals surface area (Å²) in [4.78, 5) is 35.3. The Hall–Kier alpha value is -0.990. The van der Waals surface area contributed by atoms with E-state index >= 15 is 0 Å². The quantitative estimate of drug-likeness (QED) is 0.0281. The molecule has 0 aliphatic carbocycles. The van der Waals surface area contributed by atoms with Crippen LogP contribution in [0.4, 0.5) is 0 Å². The fourth-order valence-corrected chi connectivity index (χ4v) is 7.46. The number of likely N-dealkylation sites (N-methyl/N-ethyl adjacent to an activating group) is 1. The molecule has 0 aromatic carbocycles. The number of hydrogen-bond acceptors (Lipinski definition) is 7. The second kappa shape index (κ2) is 38.5. The van der Waals surface area contributed by atoms with E-state index in [0.29, 0.717) is 17.4 Å². The molecule has 55 heavy (non-hydrogen) atoms. The fourth-order valence-electron chi connectivity index (χ4n) is 6.72. The lowest BCUT2D eigenvalue weighted by Crippen LogP contribution is -2.37. The third-order valence-corrected chi connectivity index (χ3v) is 11.4. The lowest BCUT2D eigenvalue weighted by molar-refractivity contribution is -0.870. The van der Waals surface area contributed by atoms with E-state index in [-0.39, 0.29) is 25.6 Å². The number of ether oxygens (including phenoxy) is 2. The molecule has 0 aliphatic heterocycles. The van der Waals surface area contributed by atoms with Crippen LogP contribution in [0.2, 0.25) is 0 Å². The first-order valence-corrected chi connectivity index (χ1v) is 24.8. The summed E-state index contributed by atoms with van der Waals surface area (Å²) in [6.45, 7) is 4.44. The number of carbonyl (C=O) groups excluding carboxylic acids is 2. The van der Waals surface area contributed by atoms with Gasteiger partial charge in [0, 0.05) is 12.8 Å². The maximum absolute atomic E-state index is 12.7. The molecule has 0 bridgehead atoms. The first kappa shape index (κ1) is 54.0. The van der Waals surface area contributed by atoms with Crippen molar-refractivity contribution in [3.05, 3.63) is 0 Å². The molecule has 0 saturated heterocycles. The van der Waals surface area contributed by atoms with Crippen molar-refractivity contribution < 1.29 is 42.1 Å². The monoisotopic (exact) mass is 805 g/mol. The number of hydrogen-bond donors (Lipinski definition) is 1. The second-order valence-corrected chi connectivity index (χ2v) is 18.6. The van der Waals surface area contributed by atoms with Crippen LogP contribution in [0.15, 0.2) is 0 Å². The van der Waals surface area contributed by atoms with E-state index in [4.69, 9.17) is 18.5 Å². The van der Waals surface area contributed by atoms with Crippen LogP contribution in [-0.2, 0) is 32.7 Å². The molecule has 0 radical (unpaired) electrons. The summed E-state index contributed by atoms with van der Waals surface area (Å²) >= 11 is 0. The van der Waals surface area contributed by atoms with Crippen molar-refractivity contribution in [3.8, 4) is 0 Å². The van der Waals surface area contributed by atoms with Gasteiger partial charge in [-0.2, -0.15) is 0 Å². The van der Waals surface area contributed by atoms with Crippen molar-refractivity contribution in [1.29, 1.82) is 0 Å². The van der Waals surface area contributed by atoms with Crippen molar-refractivity contribution in [2.24, 2.45) is 0 Å². The second-order valence-electron chi connectivity index (χ2n) is 17.2. The van der Waals surface area contributed by atoms with E-state index in [1.807, 2.05) is 21.1 Å². The van der Waals surface area contributed by atoms with E-state index in [1.165, 1.54) is 161 Å². The molecule has 0 aromatic heterocycles. The molecule has 0 amide bonds. The normalized spacial score (nSPS) is 13.5. The average molecular weight is 805 g/mol. The summed E-state index contributed by atoms with van der Waals surface area (Å²) < 4.78 is 34.3. The Morgan fingerprint density at radius 2 is 0.818 bits per heavy atom. The van der Waals surface area contributed by atoms with Crippen LogP contribution in [0.3, 0.4) is 0 Å². The molecule has 10 heteroatoms. The third-order valence-electron chi connectivity index (χ3n) is 10.4. The molecule has 0 spiro atoms. The zero-order valence-corrected chi connectivity index (χ0v) is 37.8. The molecule has 9 nitrogen and oxygen atoms in total. The predicted molar refractivity (Wildman–Crippen MR) is 229 cm³/mol. The van der Waals surface area contributed by atoms with Gasteiger partial charge >= 0.3 is 19.8 Å². The fraction of sp³-hybridized carbons (Fsp3) is 0.956. The molecule has 0 rings (SSSR count). The minimum atomic E-state index is -4.36. The lowest BCUT2D eigenvalue weighted by atomic mass is 10.0. The van der Waals surface area contributed by atoms with Gasteiger partial charge in [0.05, 0.1) is 27.7 Å². The molecule has 0 saturated carbocycles. The zero-order valence-electron chi connectivity index (χ0n) is 36.9. The smallest absolute Gasteiger partial charge is 0.462 e. The van der Waals surface area contributed by atoms with E-state index in [9.17, 15) is 19.0 Å². The summed E-state index contributed by atoms with van der Waals surface area (Å²) in [5.74, 6) is -0.787. The number of phosphoric acid groups is 1. The van der Waals surface area contributed by atoms with Crippen LogP contribution >= 0.6 is 7.82 Å². The van der Waals surface area contributed by atoms with Crippen LogP contribution in [0.25, 0.3) is 0 Å². The van der Waals surface area contributed by atoms with Crippen LogP contribution < -0.4 is 0 Å². The maximum atomic E-state index is 12.7. The van der Waals surface area contributed by atoms with Gasteiger partial charge in [-0.3, -0.25) is 18.6 Å². The molecule has 0 aliphatic rings. The van der Waals surface area contributed by atoms with Crippen molar-refractivity contribution in [2.45, 2.75) is 232 Å². The number of rotatable bonds is 43. The van der Waals surface area contributed by atoms with Gasteiger partial charge < -0.3 is 18.9 Å². The van der Waals surface area contributed by atoms with Gasteiger partial charge in [-0.15, -0.1) is 0 Å². The Bertz CT molecular complexity index is 912. The molecule has 0 heterocycles. The van der Waals surface area contributed by atoms with Gasteiger partial charge in [0.25, 0.3) is 0 Å². The third kappa shape index (κ3) is 42.4. The molecule has 2 unspecified atom stereocenters. The average Bonchev–Trinajstić information content (AvgIpc) is 3.13. The van der Waals surface area contributed by atoms with Gasteiger partial charge in [-0.1, -0.05) is 200 Å². The first-order valence-electron chi connectivity index (χ1n) is 23.3. The van der Waals surface area contributed by atoms with E-state index in [1.54, 1.807) is 0 Å². The van der Waals surface area contributed by atoms with Crippen LogP contribution in [0, 0.1) is 0 Å². The number of esters is 2. The summed E-state index contributed by atoms with van der Waals surface area (Å²) in [5, 5.41) is 0. The van der Waals surface area contributed by atoms with Crippen molar-refractivity contribution >= 4 is 19.8 Å². The molecule has 0 aromatic rings. The Morgan fingerprint density at radius 1 is 0.491 bits per heavy atom. The van der Waals surface area contributed by atoms with Crippen LogP contribution in [0.1, 0.15) is 226 Å². The summed E-state index contributed by atoms with van der Waals surface area (Å²) in [5.41, 5.74) is 0. The van der Waals surface area contributed by atoms with Crippen molar-refractivity contribution in [2.75, 3.05) is 47.5 Å². The summed E-state index contributed by atoms with van der Waals surface area (Å²) in [7, 11) is 1.49. The highest BCUT2D eigenvalue weighted by Gasteiger charge is 2.27. The molecule has 328 valence electrons. The van der Waals surface area contributed by atoms with Gasteiger partial charge in [-0.25, -0.2) is 4.57 Å². The van der Waals surface area contributed by atoms with Gasteiger partial charge in [-0.05, 0) is 12.8 Å². The van der Waals surface area contributed by atoms with E-state index < -0.39 is 26.5 Å². The zero-order chi connectivity index (χ0) is 40.7. The SMILES string of the molecule is CCCCCCCCCCCCCCCCCCCCCCCCC(=O)OC(COC(=O)CCCCCCCCCCC)COP(=O)(O)OCC[N+](C)(C)C. The highest BCUT2D eigenvalue weighted by atomic mass is 31.2.